The van der Waals surface area contributed by atoms with Crippen LogP contribution in [0.2, 0.25) is 0 Å². The third-order valence-electron chi connectivity index (χ3n) is 5.11. The van der Waals surface area contributed by atoms with Gasteiger partial charge < -0.3 is 5.32 Å². The normalized spacial score (nSPS) is 27.0. The molecule has 1 aliphatic rings. The molecule has 1 nitrogen and oxygen atoms in total. The highest BCUT2D eigenvalue weighted by atomic mass is 79.9. The molecule has 1 N–H and O–H groups in total. The van der Waals surface area contributed by atoms with Crippen LogP contribution in [0.25, 0.3) is 0 Å². The molecule has 0 aromatic carbocycles. The topological polar surface area (TPSA) is 12.0 Å². The fourth-order valence-corrected chi connectivity index (χ4v) is 5.23. The Morgan fingerprint density at radius 3 is 2.62 bits per heavy atom. The van der Waals surface area contributed by atoms with Crippen LogP contribution in [0, 0.1) is 23.2 Å². The summed E-state index contributed by atoms with van der Waals surface area (Å²) in [5.74, 6) is 2.57. The summed E-state index contributed by atoms with van der Waals surface area (Å²) in [4.78, 5) is 1.54. The quantitative estimate of drug-likeness (QED) is 0.695. The zero-order valence-corrected chi connectivity index (χ0v) is 16.3. The fourth-order valence-electron chi connectivity index (χ4n) is 3.68. The first-order valence-corrected chi connectivity index (χ1v) is 10.0. The number of nitrogens with one attached hydrogen (secondary N) is 1. The smallest absolute Gasteiger partial charge is 0.0285 e. The predicted octanol–water partition coefficient (Wildman–Crippen LogP) is 5.74. The Hall–Kier alpha value is 0.140. The fraction of sp³-hybridized carbons (Fsp3) is 0.778. The van der Waals surface area contributed by atoms with Gasteiger partial charge in [-0.2, -0.15) is 0 Å². The molecule has 1 aliphatic carbocycles. The van der Waals surface area contributed by atoms with Gasteiger partial charge in [-0.25, -0.2) is 0 Å². The van der Waals surface area contributed by atoms with Crippen molar-refractivity contribution in [2.75, 3.05) is 13.1 Å². The van der Waals surface area contributed by atoms with Gasteiger partial charge in [0.1, 0.15) is 0 Å². The lowest BCUT2D eigenvalue weighted by atomic mass is 9.64. The van der Waals surface area contributed by atoms with Gasteiger partial charge in [-0.3, -0.25) is 0 Å². The number of thiophene rings is 1. The standard InChI is InChI=1S/C18H30BrNS/c1-5-20-11-13-6-7-15(18(2,3)4)8-14(13)9-17-10-16(19)12-21-17/h10,12-15,20H,5-9,11H2,1-4H3. The first-order chi connectivity index (χ1) is 9.90. The molecule has 21 heavy (non-hydrogen) atoms. The Morgan fingerprint density at radius 1 is 1.29 bits per heavy atom. The van der Waals surface area contributed by atoms with E-state index in [2.05, 4.69) is 60.4 Å². The number of hydrogen-bond donors (Lipinski definition) is 1. The minimum absolute atomic E-state index is 0.456. The highest BCUT2D eigenvalue weighted by molar-refractivity contribution is 9.10. The van der Waals surface area contributed by atoms with Crippen molar-refractivity contribution >= 4 is 27.3 Å². The van der Waals surface area contributed by atoms with E-state index in [-0.39, 0.29) is 0 Å². The van der Waals surface area contributed by atoms with Crippen LogP contribution in [0.1, 0.15) is 51.8 Å². The lowest BCUT2D eigenvalue weighted by Gasteiger charge is -2.42. The Morgan fingerprint density at radius 2 is 2.05 bits per heavy atom. The van der Waals surface area contributed by atoms with Crippen molar-refractivity contribution in [2.24, 2.45) is 23.2 Å². The van der Waals surface area contributed by atoms with Crippen molar-refractivity contribution in [1.82, 2.24) is 5.32 Å². The van der Waals surface area contributed by atoms with E-state index in [4.69, 9.17) is 0 Å². The van der Waals surface area contributed by atoms with Gasteiger partial charge in [-0.15, -0.1) is 11.3 Å². The summed E-state index contributed by atoms with van der Waals surface area (Å²) in [6, 6.07) is 2.32. The van der Waals surface area contributed by atoms with Gasteiger partial charge in [0.2, 0.25) is 0 Å². The van der Waals surface area contributed by atoms with Gasteiger partial charge in [-0.1, -0.05) is 27.7 Å². The third kappa shape index (κ3) is 5.07. The summed E-state index contributed by atoms with van der Waals surface area (Å²) in [7, 11) is 0. The summed E-state index contributed by atoms with van der Waals surface area (Å²) in [6.07, 6.45) is 5.46. The van der Waals surface area contributed by atoms with Crippen molar-refractivity contribution in [3.63, 3.8) is 0 Å². The number of rotatable bonds is 5. The SMILES string of the molecule is CCNCC1CCC(C(C)(C)C)CC1Cc1cc(Br)cs1. The molecule has 1 saturated carbocycles. The molecule has 2 rings (SSSR count). The lowest BCUT2D eigenvalue weighted by molar-refractivity contribution is 0.0977. The highest BCUT2D eigenvalue weighted by Gasteiger charge is 2.35. The Bertz CT molecular complexity index is 435. The average Bonchev–Trinajstić information content (AvgIpc) is 2.81. The zero-order chi connectivity index (χ0) is 15.5. The van der Waals surface area contributed by atoms with Crippen LogP contribution in [0.4, 0.5) is 0 Å². The van der Waals surface area contributed by atoms with Crippen LogP contribution in [0.5, 0.6) is 0 Å². The molecule has 0 aliphatic heterocycles. The number of halogens is 1. The van der Waals surface area contributed by atoms with E-state index in [9.17, 15) is 0 Å². The van der Waals surface area contributed by atoms with Crippen LogP contribution >= 0.6 is 27.3 Å². The van der Waals surface area contributed by atoms with E-state index in [0.29, 0.717) is 5.41 Å². The Balaban J connectivity index is 2.05. The molecule has 0 saturated heterocycles. The molecular weight excluding hydrogens is 342 g/mol. The second-order valence-electron chi connectivity index (χ2n) is 7.64. The number of hydrogen-bond acceptors (Lipinski definition) is 2. The van der Waals surface area contributed by atoms with E-state index in [1.54, 1.807) is 4.88 Å². The largest absolute Gasteiger partial charge is 0.317 e. The highest BCUT2D eigenvalue weighted by Crippen LogP contribution is 2.44. The molecule has 3 heteroatoms. The van der Waals surface area contributed by atoms with Crippen molar-refractivity contribution in [2.45, 2.75) is 53.4 Å². The van der Waals surface area contributed by atoms with Crippen LogP contribution in [-0.4, -0.2) is 13.1 Å². The van der Waals surface area contributed by atoms with Crippen LogP contribution in [0.3, 0.4) is 0 Å². The van der Waals surface area contributed by atoms with Gasteiger partial charge >= 0.3 is 0 Å². The van der Waals surface area contributed by atoms with E-state index >= 15 is 0 Å². The van der Waals surface area contributed by atoms with Gasteiger partial charge in [0, 0.05) is 14.7 Å². The minimum Gasteiger partial charge on any atom is -0.317 e. The van der Waals surface area contributed by atoms with E-state index in [0.717, 1.165) is 24.3 Å². The first kappa shape index (κ1) is 17.5. The molecule has 0 spiro atoms. The molecule has 0 bridgehead atoms. The second kappa shape index (κ2) is 7.61. The van der Waals surface area contributed by atoms with Gasteiger partial charge in [0.15, 0.2) is 0 Å². The molecule has 1 heterocycles. The molecule has 0 radical (unpaired) electrons. The maximum absolute atomic E-state index is 3.60. The summed E-state index contributed by atoms with van der Waals surface area (Å²) >= 11 is 5.51. The van der Waals surface area contributed by atoms with Crippen LogP contribution in [-0.2, 0) is 6.42 Å². The molecule has 120 valence electrons. The Kier molecular flexibility index (Phi) is 6.34. The molecule has 1 aromatic heterocycles. The molecule has 3 atom stereocenters. The van der Waals surface area contributed by atoms with Crippen molar-refractivity contribution in [1.29, 1.82) is 0 Å². The van der Waals surface area contributed by atoms with Crippen molar-refractivity contribution < 1.29 is 0 Å². The molecular formula is C18H30BrNS. The summed E-state index contributed by atoms with van der Waals surface area (Å²) in [5.41, 5.74) is 0.456. The lowest BCUT2D eigenvalue weighted by Crippen LogP contribution is -2.37. The van der Waals surface area contributed by atoms with E-state index < -0.39 is 0 Å². The van der Waals surface area contributed by atoms with Gasteiger partial charge in [0.25, 0.3) is 0 Å². The van der Waals surface area contributed by atoms with Crippen LogP contribution < -0.4 is 5.32 Å². The molecule has 3 unspecified atom stereocenters. The Labute approximate surface area is 143 Å². The second-order valence-corrected chi connectivity index (χ2v) is 9.55. The molecule has 1 aromatic rings. The summed E-state index contributed by atoms with van der Waals surface area (Å²) in [5, 5.41) is 5.81. The van der Waals surface area contributed by atoms with Crippen molar-refractivity contribution in [3.05, 3.63) is 20.8 Å². The van der Waals surface area contributed by atoms with Crippen molar-refractivity contribution in [3.8, 4) is 0 Å². The average molecular weight is 372 g/mol. The van der Waals surface area contributed by atoms with E-state index in [1.807, 2.05) is 11.3 Å². The maximum Gasteiger partial charge on any atom is 0.0285 e. The first-order valence-electron chi connectivity index (χ1n) is 8.33. The van der Waals surface area contributed by atoms with Gasteiger partial charge in [-0.05, 0) is 83.9 Å². The third-order valence-corrected chi connectivity index (χ3v) is 6.83. The predicted molar refractivity (Wildman–Crippen MR) is 98.0 cm³/mol. The van der Waals surface area contributed by atoms with E-state index in [1.165, 1.54) is 36.7 Å². The summed E-state index contributed by atoms with van der Waals surface area (Å²) < 4.78 is 1.24. The van der Waals surface area contributed by atoms with Gasteiger partial charge in [0.05, 0.1) is 0 Å². The van der Waals surface area contributed by atoms with Crippen LogP contribution in [0.15, 0.2) is 15.9 Å². The minimum atomic E-state index is 0.456. The zero-order valence-electron chi connectivity index (χ0n) is 13.9. The monoisotopic (exact) mass is 371 g/mol. The molecule has 1 fully saturated rings. The maximum atomic E-state index is 3.60. The summed E-state index contributed by atoms with van der Waals surface area (Å²) in [6.45, 7) is 11.8. The molecule has 0 amide bonds.